The first-order valence-corrected chi connectivity index (χ1v) is 8.00. The fourth-order valence-electron chi connectivity index (χ4n) is 2.63. The molecule has 1 N–H and O–H groups in total. The monoisotopic (exact) mass is 356 g/mol. The lowest BCUT2D eigenvalue weighted by atomic mass is 10.1. The molecule has 0 unspecified atom stereocenters. The number of ether oxygens (including phenoxy) is 2. The Balaban J connectivity index is 2.14. The molecule has 1 aromatic heterocycles. The molecule has 0 aliphatic rings. The van der Waals surface area contributed by atoms with E-state index in [1.165, 1.54) is 7.11 Å². The number of pyridine rings is 1. The van der Waals surface area contributed by atoms with Gasteiger partial charge >= 0.3 is 5.97 Å². The maximum Gasteiger partial charge on any atom is 0.337 e. The van der Waals surface area contributed by atoms with E-state index in [9.17, 15) is 4.79 Å². The highest BCUT2D eigenvalue weighted by Crippen LogP contribution is 2.33. The molecule has 3 aromatic rings. The van der Waals surface area contributed by atoms with Crippen molar-refractivity contribution in [1.82, 2.24) is 4.98 Å². The van der Waals surface area contributed by atoms with Gasteiger partial charge in [0.15, 0.2) is 0 Å². The molecule has 6 heteroatoms. The maximum absolute atomic E-state index is 11.8. The summed E-state index contributed by atoms with van der Waals surface area (Å²) in [5.41, 5.74) is 3.61. The number of halogens is 1. The number of methoxy groups -OCH3 is 2. The summed E-state index contributed by atoms with van der Waals surface area (Å²) in [5, 5.41) is 4.72. The van der Waals surface area contributed by atoms with Crippen molar-refractivity contribution < 1.29 is 14.3 Å². The summed E-state index contributed by atoms with van der Waals surface area (Å²) in [6.07, 6.45) is 0. The number of benzene rings is 2. The normalized spacial score (nSPS) is 10.6. The maximum atomic E-state index is 11.8. The van der Waals surface area contributed by atoms with E-state index in [1.54, 1.807) is 43.5 Å². The van der Waals surface area contributed by atoms with Crippen LogP contribution in [0.15, 0.2) is 42.5 Å². The predicted octanol–water partition coefficient (Wildman–Crippen LogP) is 4.74. The first-order valence-electron chi connectivity index (χ1n) is 7.62. The van der Waals surface area contributed by atoms with Gasteiger partial charge in [-0.25, -0.2) is 4.79 Å². The molecule has 0 aliphatic carbocycles. The van der Waals surface area contributed by atoms with E-state index in [2.05, 4.69) is 10.3 Å². The second-order valence-electron chi connectivity index (χ2n) is 5.50. The van der Waals surface area contributed by atoms with Crippen LogP contribution in [0.5, 0.6) is 5.75 Å². The lowest BCUT2D eigenvalue weighted by molar-refractivity contribution is 0.0601. The molecule has 5 nitrogen and oxygen atoms in total. The minimum atomic E-state index is -0.395. The number of hydrogen-bond donors (Lipinski definition) is 1. The van der Waals surface area contributed by atoms with Crippen molar-refractivity contribution in [2.45, 2.75) is 6.92 Å². The van der Waals surface area contributed by atoms with Crippen LogP contribution in [0.1, 0.15) is 16.1 Å². The SMILES string of the molecule is COC(=O)c1ccc2nc(C)cc(Nc3cc(Cl)ccc3OC)c2c1. The van der Waals surface area contributed by atoms with Crippen molar-refractivity contribution in [3.63, 3.8) is 0 Å². The van der Waals surface area contributed by atoms with Crippen LogP contribution in [0.2, 0.25) is 5.02 Å². The fraction of sp³-hybridized carbons (Fsp3) is 0.158. The number of rotatable bonds is 4. The number of fused-ring (bicyclic) bond motifs is 1. The Kier molecular flexibility index (Phi) is 4.76. The smallest absolute Gasteiger partial charge is 0.337 e. The molecule has 0 bridgehead atoms. The Labute approximate surface area is 150 Å². The second kappa shape index (κ2) is 6.99. The van der Waals surface area contributed by atoms with Gasteiger partial charge in [-0.05, 0) is 49.4 Å². The van der Waals surface area contributed by atoms with Gasteiger partial charge in [-0.15, -0.1) is 0 Å². The second-order valence-corrected chi connectivity index (χ2v) is 5.94. The Bertz CT molecular complexity index is 957. The van der Waals surface area contributed by atoms with Gasteiger partial charge in [-0.3, -0.25) is 4.98 Å². The van der Waals surface area contributed by atoms with Crippen LogP contribution in [0.25, 0.3) is 10.9 Å². The lowest BCUT2D eigenvalue weighted by Gasteiger charge is -2.14. The minimum Gasteiger partial charge on any atom is -0.495 e. The van der Waals surface area contributed by atoms with Gasteiger partial charge in [0.2, 0.25) is 0 Å². The molecule has 0 amide bonds. The largest absolute Gasteiger partial charge is 0.495 e. The minimum absolute atomic E-state index is 0.395. The number of esters is 1. The van der Waals surface area contributed by atoms with Crippen molar-refractivity contribution in [3.8, 4) is 5.75 Å². The number of nitrogens with one attached hydrogen (secondary N) is 1. The zero-order valence-corrected chi connectivity index (χ0v) is 14.8. The molecular formula is C19H17ClN2O3. The van der Waals surface area contributed by atoms with Crippen molar-refractivity contribution in [1.29, 1.82) is 0 Å². The van der Waals surface area contributed by atoms with Crippen LogP contribution < -0.4 is 10.1 Å². The third kappa shape index (κ3) is 3.51. The van der Waals surface area contributed by atoms with Crippen LogP contribution in [0, 0.1) is 6.92 Å². The van der Waals surface area contributed by atoms with E-state index >= 15 is 0 Å². The van der Waals surface area contributed by atoms with E-state index in [-0.39, 0.29) is 0 Å². The van der Waals surface area contributed by atoms with Crippen LogP contribution in [-0.4, -0.2) is 25.2 Å². The molecule has 128 valence electrons. The molecule has 0 aliphatic heterocycles. The number of aromatic nitrogens is 1. The average Bonchev–Trinajstić information content (AvgIpc) is 2.61. The van der Waals surface area contributed by atoms with Gasteiger partial charge in [-0.2, -0.15) is 0 Å². The van der Waals surface area contributed by atoms with E-state index < -0.39 is 5.97 Å². The Morgan fingerprint density at radius 2 is 1.88 bits per heavy atom. The zero-order valence-electron chi connectivity index (χ0n) is 14.1. The number of anilines is 2. The summed E-state index contributed by atoms with van der Waals surface area (Å²) in [5.74, 6) is 0.268. The Morgan fingerprint density at radius 3 is 2.60 bits per heavy atom. The molecule has 0 atom stereocenters. The molecule has 2 aromatic carbocycles. The van der Waals surface area contributed by atoms with Crippen molar-refractivity contribution in [3.05, 3.63) is 58.7 Å². The predicted molar refractivity (Wildman–Crippen MR) is 99.1 cm³/mol. The summed E-state index contributed by atoms with van der Waals surface area (Å²) < 4.78 is 10.2. The number of nitrogens with zero attached hydrogens (tertiary/aromatic N) is 1. The average molecular weight is 357 g/mol. The summed E-state index contributed by atoms with van der Waals surface area (Å²) >= 11 is 6.11. The molecular weight excluding hydrogens is 340 g/mol. The molecule has 0 spiro atoms. The molecule has 0 fully saturated rings. The third-order valence-electron chi connectivity index (χ3n) is 3.79. The van der Waals surface area contributed by atoms with Gasteiger partial charge in [0.25, 0.3) is 0 Å². The van der Waals surface area contributed by atoms with Crippen LogP contribution in [0.4, 0.5) is 11.4 Å². The van der Waals surface area contributed by atoms with Crippen LogP contribution >= 0.6 is 11.6 Å². The standard InChI is InChI=1S/C19H17ClN2O3/c1-11-8-16(22-17-10-13(20)5-7-18(17)24-2)14-9-12(19(23)25-3)4-6-15(14)21-11/h4-10H,1-3H3,(H,21,22). The third-order valence-corrected chi connectivity index (χ3v) is 4.02. The van der Waals surface area contributed by atoms with Gasteiger partial charge in [0.05, 0.1) is 31.0 Å². The number of carbonyl (C=O) groups excluding carboxylic acids is 1. The molecule has 1 heterocycles. The topological polar surface area (TPSA) is 60.5 Å². The van der Waals surface area contributed by atoms with Gasteiger partial charge < -0.3 is 14.8 Å². The van der Waals surface area contributed by atoms with Crippen LogP contribution in [-0.2, 0) is 4.74 Å². The highest BCUT2D eigenvalue weighted by atomic mass is 35.5. The molecule has 0 radical (unpaired) electrons. The van der Waals surface area contributed by atoms with Crippen molar-refractivity contribution in [2.24, 2.45) is 0 Å². The Morgan fingerprint density at radius 1 is 1.08 bits per heavy atom. The van der Waals surface area contributed by atoms with E-state index in [1.807, 2.05) is 13.0 Å². The number of hydrogen-bond acceptors (Lipinski definition) is 5. The molecule has 0 saturated carbocycles. The van der Waals surface area contributed by atoms with Gasteiger partial charge in [0, 0.05) is 21.8 Å². The van der Waals surface area contributed by atoms with E-state index in [0.29, 0.717) is 16.3 Å². The van der Waals surface area contributed by atoms with E-state index in [4.69, 9.17) is 21.1 Å². The summed E-state index contributed by atoms with van der Waals surface area (Å²) in [4.78, 5) is 16.4. The lowest BCUT2D eigenvalue weighted by Crippen LogP contribution is -2.02. The summed E-state index contributed by atoms with van der Waals surface area (Å²) in [6.45, 7) is 1.91. The summed E-state index contributed by atoms with van der Waals surface area (Å²) in [6, 6.07) is 12.5. The zero-order chi connectivity index (χ0) is 18.0. The van der Waals surface area contributed by atoms with E-state index in [0.717, 1.165) is 28.0 Å². The highest BCUT2D eigenvalue weighted by molar-refractivity contribution is 6.31. The number of carbonyl (C=O) groups is 1. The van der Waals surface area contributed by atoms with Gasteiger partial charge in [0.1, 0.15) is 5.75 Å². The van der Waals surface area contributed by atoms with Crippen molar-refractivity contribution >= 4 is 39.8 Å². The van der Waals surface area contributed by atoms with Gasteiger partial charge in [-0.1, -0.05) is 11.6 Å². The highest BCUT2D eigenvalue weighted by Gasteiger charge is 2.12. The quantitative estimate of drug-likeness (QED) is 0.684. The summed E-state index contributed by atoms with van der Waals surface area (Å²) in [7, 11) is 2.95. The first-order chi connectivity index (χ1) is 12.0. The molecule has 25 heavy (non-hydrogen) atoms. The molecule has 3 rings (SSSR count). The Hall–Kier alpha value is -2.79. The first kappa shape index (κ1) is 17.0. The van der Waals surface area contributed by atoms with Crippen LogP contribution in [0.3, 0.4) is 0 Å². The number of aryl methyl sites for hydroxylation is 1. The molecule has 0 saturated heterocycles. The fourth-order valence-corrected chi connectivity index (χ4v) is 2.80. The van der Waals surface area contributed by atoms with Crippen molar-refractivity contribution in [2.75, 3.05) is 19.5 Å².